The lowest BCUT2D eigenvalue weighted by molar-refractivity contribution is -0.141. The molecule has 0 atom stereocenters. The second kappa shape index (κ2) is 48.1. The molecule has 61 heavy (non-hydrogen) atoms. The fraction of sp³-hybridized carbons (Fsp3) is 0.538. The Balaban J connectivity index is 0.000000866. The van der Waals surface area contributed by atoms with E-state index in [-0.39, 0.29) is 11.9 Å². The Morgan fingerprint density at radius 2 is 0.738 bits per heavy atom. The summed E-state index contributed by atoms with van der Waals surface area (Å²) in [5, 5.41) is 12.8. The Kier molecular flexibility index (Phi) is 47.1. The number of hydrogen-bond acceptors (Lipinski definition) is 5. The second-order valence-corrected chi connectivity index (χ2v) is 18.2. The van der Waals surface area contributed by atoms with Crippen LogP contribution < -0.4 is 15.9 Å². The number of rotatable bonds is 31. The van der Waals surface area contributed by atoms with Gasteiger partial charge in [0.05, 0.1) is 14.2 Å². The van der Waals surface area contributed by atoms with Gasteiger partial charge in [-0.2, -0.15) is 0 Å². The van der Waals surface area contributed by atoms with Crippen molar-refractivity contribution >= 4 is 95.6 Å². The molecule has 0 spiro atoms. The monoisotopic (exact) mass is 1190 g/mol. The molecule has 0 unspecified atom stereocenters. The van der Waals surface area contributed by atoms with Gasteiger partial charge in [0.1, 0.15) is 0 Å². The topological polar surface area (TPSA) is 72.8 Å². The van der Waals surface area contributed by atoms with Crippen molar-refractivity contribution in [2.45, 2.75) is 154 Å². The molecule has 3 aromatic rings. The molecule has 0 aliphatic carbocycles. The van der Waals surface area contributed by atoms with Crippen LogP contribution in [0.3, 0.4) is 0 Å². The summed E-state index contributed by atoms with van der Waals surface area (Å²) in [6.07, 6.45) is 37.0. The number of carbonyl (C=O) groups is 2. The summed E-state index contributed by atoms with van der Waals surface area (Å²) in [6.45, 7) is 0.313. The molecule has 1 N–H and O–H groups in total. The molecule has 0 heterocycles. The number of methoxy groups -OCH3 is 2. The first kappa shape index (κ1) is 59.7. The minimum absolute atomic E-state index is 0.0738. The van der Waals surface area contributed by atoms with Gasteiger partial charge in [-0.1, -0.05) is 202 Å². The lowest BCUT2D eigenvalue weighted by atomic mass is 10.1. The zero-order valence-corrected chi connectivity index (χ0v) is 44.9. The van der Waals surface area contributed by atoms with Crippen LogP contribution in [0.25, 0.3) is 0 Å². The number of alkyl halides is 1. The molecule has 0 amide bonds. The van der Waals surface area contributed by atoms with Crippen LogP contribution in [-0.4, -0.2) is 42.3 Å². The molecule has 0 bridgehead atoms. The van der Waals surface area contributed by atoms with Crippen molar-refractivity contribution < 1.29 is 24.2 Å². The Bertz CT molecular complexity index is 1280. The SMILES string of the molecule is COC(=O)CCCCCCCCC/C=C\CCCCI.COC(=O)CCCCCCCCC/C=C\CCCCO.II.c1ccc(P(c2ccccc2)c2ccccc2)cc1. The standard InChI is InChI=1S/C18H15P.C17H31IO2.C17H32O3.I2/c1-4-10-16(11-5-1)19(17-12-6-2-7-13-17)18-14-8-3-9-15-18;2*1-20-17(19)15-13-11-9-7-5-3-2-4-6-8-10-12-14-16-18;1-2/h1-15H;6,8H,2-5,7,9-16H2,1H3;6,8,18H,2-5,7,9-16H2,1H3;/b;2*8-6-;. The number of carbonyl (C=O) groups excluding carboxylic acids is 2. The number of benzene rings is 3. The minimum Gasteiger partial charge on any atom is -0.469 e. The maximum Gasteiger partial charge on any atom is 0.305 e. The lowest BCUT2D eigenvalue weighted by Crippen LogP contribution is -2.20. The fourth-order valence-corrected chi connectivity index (χ4v) is 9.26. The molecule has 9 heteroatoms. The van der Waals surface area contributed by atoms with Crippen LogP contribution in [0.1, 0.15) is 154 Å². The van der Waals surface area contributed by atoms with Gasteiger partial charge in [-0.05, 0) is 105 Å². The third-order valence-corrected chi connectivity index (χ3v) is 13.1. The highest BCUT2D eigenvalue weighted by molar-refractivity contribution is 15.0. The number of allylic oxidation sites excluding steroid dienone is 4. The molecular weight excluding hydrogens is 1120 g/mol. The molecule has 0 radical (unpaired) electrons. The average Bonchev–Trinajstić information content (AvgIpc) is 3.31. The Hall–Kier alpha value is -1.34. The van der Waals surface area contributed by atoms with E-state index >= 15 is 0 Å². The number of halogens is 3. The Morgan fingerprint density at radius 3 is 1.03 bits per heavy atom. The van der Waals surface area contributed by atoms with E-state index in [2.05, 4.69) is 185 Å². The Labute approximate surface area is 410 Å². The van der Waals surface area contributed by atoms with Crippen molar-refractivity contribution in [2.75, 3.05) is 25.3 Å². The summed E-state index contributed by atoms with van der Waals surface area (Å²) in [5.41, 5.74) is 0. The number of esters is 2. The maximum absolute atomic E-state index is 10.9. The normalized spacial score (nSPS) is 10.7. The average molecular weight is 1190 g/mol. The smallest absolute Gasteiger partial charge is 0.305 e. The first-order valence-electron chi connectivity index (χ1n) is 22.8. The van der Waals surface area contributed by atoms with Crippen LogP contribution in [-0.2, 0) is 19.1 Å². The molecular formula is C52H78I3O5P. The molecule has 342 valence electrons. The van der Waals surface area contributed by atoms with E-state index in [0.29, 0.717) is 19.4 Å². The Morgan fingerprint density at radius 1 is 0.459 bits per heavy atom. The highest BCUT2D eigenvalue weighted by Crippen LogP contribution is 2.32. The van der Waals surface area contributed by atoms with Crippen molar-refractivity contribution in [1.29, 1.82) is 0 Å². The molecule has 0 aliphatic heterocycles. The number of aliphatic hydroxyl groups is 1. The summed E-state index contributed by atoms with van der Waals surface area (Å²) in [4.78, 5) is 21.8. The molecule has 0 aromatic heterocycles. The van der Waals surface area contributed by atoms with E-state index in [9.17, 15) is 9.59 Å². The minimum atomic E-state index is -0.446. The fourth-order valence-electron chi connectivity index (χ4n) is 6.42. The zero-order chi connectivity index (χ0) is 44.7. The van der Waals surface area contributed by atoms with Gasteiger partial charge >= 0.3 is 11.9 Å². The van der Waals surface area contributed by atoms with Gasteiger partial charge in [0.15, 0.2) is 0 Å². The lowest BCUT2D eigenvalue weighted by Gasteiger charge is -2.18. The molecule has 3 aromatic carbocycles. The van der Waals surface area contributed by atoms with Crippen LogP contribution in [0.15, 0.2) is 115 Å². The second-order valence-electron chi connectivity index (χ2n) is 14.9. The van der Waals surface area contributed by atoms with Gasteiger partial charge in [0.25, 0.3) is 0 Å². The highest BCUT2D eigenvalue weighted by Gasteiger charge is 2.15. The number of ether oxygens (including phenoxy) is 2. The van der Waals surface area contributed by atoms with Gasteiger partial charge in [-0.25, -0.2) is 0 Å². The third-order valence-electron chi connectivity index (χ3n) is 9.87. The highest BCUT2D eigenvalue weighted by atomic mass is 128. The zero-order valence-electron chi connectivity index (χ0n) is 37.5. The number of unbranched alkanes of at least 4 members (excludes halogenated alkanes) is 18. The van der Waals surface area contributed by atoms with Gasteiger partial charge in [0, 0.05) is 56.7 Å². The van der Waals surface area contributed by atoms with Crippen molar-refractivity contribution in [1.82, 2.24) is 0 Å². The van der Waals surface area contributed by atoms with Crippen molar-refractivity contribution in [3.63, 3.8) is 0 Å². The van der Waals surface area contributed by atoms with Crippen LogP contribution in [0.4, 0.5) is 0 Å². The largest absolute Gasteiger partial charge is 0.469 e. The quantitative estimate of drug-likeness (QED) is 0.0174. The maximum atomic E-state index is 10.9. The number of aliphatic hydroxyl groups excluding tert-OH is 1. The van der Waals surface area contributed by atoms with Crippen LogP contribution in [0, 0.1) is 0 Å². The van der Waals surface area contributed by atoms with Crippen molar-refractivity contribution in [3.05, 3.63) is 115 Å². The summed E-state index contributed by atoms with van der Waals surface area (Å²) in [7, 11) is 2.46. The predicted molar refractivity (Wildman–Crippen MR) is 292 cm³/mol. The van der Waals surface area contributed by atoms with Gasteiger partial charge in [-0.3, -0.25) is 9.59 Å². The van der Waals surface area contributed by atoms with E-state index in [1.54, 1.807) is 0 Å². The predicted octanol–water partition coefficient (Wildman–Crippen LogP) is 15.4. The molecule has 0 fully saturated rings. The van der Waals surface area contributed by atoms with Gasteiger partial charge in [-0.15, -0.1) is 0 Å². The third kappa shape index (κ3) is 37.7. The number of hydrogen-bond donors (Lipinski definition) is 1. The first-order valence-corrected chi connectivity index (χ1v) is 31.9. The van der Waals surface area contributed by atoms with E-state index < -0.39 is 7.92 Å². The summed E-state index contributed by atoms with van der Waals surface area (Å²) >= 11 is 6.68. The summed E-state index contributed by atoms with van der Waals surface area (Å²) in [5.74, 6) is -0.161. The molecule has 0 aliphatic rings. The summed E-state index contributed by atoms with van der Waals surface area (Å²) in [6, 6.07) is 32.3. The molecule has 0 saturated carbocycles. The van der Waals surface area contributed by atoms with E-state index in [1.807, 2.05) is 0 Å². The molecule has 0 saturated heterocycles. The van der Waals surface area contributed by atoms with E-state index in [1.165, 1.54) is 131 Å². The first-order chi connectivity index (χ1) is 30.1. The molecule has 3 rings (SSSR count). The summed E-state index contributed by atoms with van der Waals surface area (Å²) < 4.78 is 10.5. The van der Waals surface area contributed by atoms with Gasteiger partial charge in [0.2, 0.25) is 0 Å². The van der Waals surface area contributed by atoms with Crippen LogP contribution >= 0.6 is 67.7 Å². The van der Waals surface area contributed by atoms with Crippen LogP contribution in [0.5, 0.6) is 0 Å². The van der Waals surface area contributed by atoms with E-state index in [4.69, 9.17) is 5.11 Å². The van der Waals surface area contributed by atoms with Gasteiger partial charge < -0.3 is 14.6 Å². The molecule has 5 nitrogen and oxygen atoms in total. The van der Waals surface area contributed by atoms with Crippen molar-refractivity contribution in [2.24, 2.45) is 0 Å². The van der Waals surface area contributed by atoms with Crippen molar-refractivity contribution in [3.8, 4) is 0 Å². The van der Waals surface area contributed by atoms with E-state index in [0.717, 1.165) is 44.9 Å². The van der Waals surface area contributed by atoms with Crippen LogP contribution in [0.2, 0.25) is 0 Å².